The summed E-state index contributed by atoms with van der Waals surface area (Å²) in [6.07, 6.45) is 0.495. The largest absolute Gasteiger partial charge is 0.385 e. The van der Waals surface area contributed by atoms with Crippen LogP contribution in [-0.2, 0) is 14.2 Å². The Kier molecular flexibility index (Phi) is 4.19. The SMILES string of the molecule is COCC[C@@H]1O[C@H](OC(C)C)c2cc3ccccc3nc21. The highest BCUT2D eigenvalue weighted by Gasteiger charge is 2.34. The van der Waals surface area contributed by atoms with E-state index in [1.807, 2.05) is 32.0 Å². The molecular weight excluding hydrogens is 266 g/mol. The molecule has 1 aliphatic heterocycles. The van der Waals surface area contributed by atoms with E-state index in [2.05, 4.69) is 12.1 Å². The van der Waals surface area contributed by atoms with Gasteiger partial charge in [-0.1, -0.05) is 18.2 Å². The first-order valence-electron chi connectivity index (χ1n) is 7.38. The molecule has 0 fully saturated rings. The van der Waals surface area contributed by atoms with Gasteiger partial charge in [-0.25, -0.2) is 4.98 Å². The summed E-state index contributed by atoms with van der Waals surface area (Å²) in [4.78, 5) is 4.79. The number of ether oxygens (including phenoxy) is 3. The smallest absolute Gasteiger partial charge is 0.186 e. The van der Waals surface area contributed by atoms with Gasteiger partial charge in [0.25, 0.3) is 0 Å². The minimum atomic E-state index is -0.334. The van der Waals surface area contributed by atoms with Gasteiger partial charge < -0.3 is 14.2 Å². The van der Waals surface area contributed by atoms with Crippen molar-refractivity contribution < 1.29 is 14.2 Å². The highest BCUT2D eigenvalue weighted by molar-refractivity contribution is 5.79. The van der Waals surface area contributed by atoms with E-state index in [1.54, 1.807) is 7.11 Å². The van der Waals surface area contributed by atoms with Crippen molar-refractivity contribution in [1.29, 1.82) is 0 Å². The minimum Gasteiger partial charge on any atom is -0.385 e. The molecule has 0 saturated carbocycles. The van der Waals surface area contributed by atoms with Crippen LogP contribution >= 0.6 is 0 Å². The maximum atomic E-state index is 6.05. The molecule has 0 saturated heterocycles. The number of hydrogen-bond donors (Lipinski definition) is 0. The summed E-state index contributed by atoms with van der Waals surface area (Å²) in [7, 11) is 1.70. The average molecular weight is 287 g/mol. The molecule has 0 bridgehead atoms. The van der Waals surface area contributed by atoms with Crippen molar-refractivity contribution in [3.63, 3.8) is 0 Å². The molecule has 1 aliphatic rings. The normalized spacial score (nSPS) is 21.1. The number of methoxy groups -OCH3 is 1. The fraction of sp³-hybridized carbons (Fsp3) is 0.471. The Morgan fingerprint density at radius 3 is 2.86 bits per heavy atom. The summed E-state index contributed by atoms with van der Waals surface area (Å²) >= 11 is 0. The monoisotopic (exact) mass is 287 g/mol. The summed E-state index contributed by atoms with van der Waals surface area (Å²) in [5, 5.41) is 1.12. The highest BCUT2D eigenvalue weighted by Crippen LogP contribution is 2.42. The van der Waals surface area contributed by atoms with Crippen LogP contribution in [0.5, 0.6) is 0 Å². The van der Waals surface area contributed by atoms with E-state index in [0.29, 0.717) is 6.61 Å². The third kappa shape index (κ3) is 2.93. The zero-order valence-corrected chi connectivity index (χ0v) is 12.7. The molecule has 0 N–H and O–H groups in total. The van der Waals surface area contributed by atoms with Crippen molar-refractivity contribution in [2.45, 2.75) is 38.8 Å². The van der Waals surface area contributed by atoms with Crippen molar-refractivity contribution >= 4 is 10.9 Å². The zero-order valence-electron chi connectivity index (χ0n) is 12.7. The number of nitrogens with zero attached hydrogens (tertiary/aromatic N) is 1. The number of hydrogen-bond acceptors (Lipinski definition) is 4. The van der Waals surface area contributed by atoms with Crippen molar-refractivity contribution in [3.05, 3.63) is 41.6 Å². The number of aromatic nitrogens is 1. The maximum absolute atomic E-state index is 6.05. The Labute approximate surface area is 125 Å². The van der Waals surface area contributed by atoms with Gasteiger partial charge in [0.2, 0.25) is 0 Å². The van der Waals surface area contributed by atoms with Gasteiger partial charge in [-0.3, -0.25) is 0 Å². The molecule has 2 heterocycles. The predicted octanol–water partition coefficient (Wildman–Crippen LogP) is 3.77. The summed E-state index contributed by atoms with van der Waals surface area (Å²) in [5.41, 5.74) is 3.02. The van der Waals surface area contributed by atoms with Crippen LogP contribution in [0.4, 0.5) is 0 Å². The third-order valence-corrected chi connectivity index (χ3v) is 3.61. The fourth-order valence-electron chi connectivity index (χ4n) is 2.66. The van der Waals surface area contributed by atoms with E-state index in [9.17, 15) is 0 Å². The zero-order chi connectivity index (χ0) is 14.8. The topological polar surface area (TPSA) is 40.6 Å². The first-order chi connectivity index (χ1) is 10.2. The van der Waals surface area contributed by atoms with Crippen molar-refractivity contribution in [2.75, 3.05) is 13.7 Å². The second-order valence-electron chi connectivity index (χ2n) is 5.58. The number of para-hydroxylation sites is 1. The first kappa shape index (κ1) is 14.4. The summed E-state index contributed by atoms with van der Waals surface area (Å²) in [6.45, 7) is 4.67. The molecule has 112 valence electrons. The Morgan fingerprint density at radius 1 is 1.29 bits per heavy atom. The quantitative estimate of drug-likeness (QED) is 0.839. The van der Waals surface area contributed by atoms with Crippen LogP contribution < -0.4 is 0 Å². The fourth-order valence-corrected chi connectivity index (χ4v) is 2.66. The van der Waals surface area contributed by atoms with Gasteiger partial charge in [0.1, 0.15) is 6.10 Å². The molecule has 3 rings (SSSR count). The third-order valence-electron chi connectivity index (χ3n) is 3.61. The van der Waals surface area contributed by atoms with Crippen LogP contribution in [-0.4, -0.2) is 24.8 Å². The Morgan fingerprint density at radius 2 is 2.10 bits per heavy atom. The molecular formula is C17H21NO3. The molecule has 4 nitrogen and oxygen atoms in total. The van der Waals surface area contributed by atoms with Gasteiger partial charge >= 0.3 is 0 Å². The lowest BCUT2D eigenvalue weighted by molar-refractivity contribution is -0.180. The van der Waals surface area contributed by atoms with Gasteiger partial charge in [-0.05, 0) is 26.0 Å². The van der Waals surface area contributed by atoms with Crippen molar-refractivity contribution in [3.8, 4) is 0 Å². The number of rotatable bonds is 5. The van der Waals surface area contributed by atoms with Crippen LogP contribution in [0.15, 0.2) is 30.3 Å². The van der Waals surface area contributed by atoms with Crippen LogP contribution in [0, 0.1) is 0 Å². The highest BCUT2D eigenvalue weighted by atomic mass is 16.7. The van der Waals surface area contributed by atoms with E-state index < -0.39 is 0 Å². The lowest BCUT2D eigenvalue weighted by Gasteiger charge is -2.17. The predicted molar refractivity (Wildman–Crippen MR) is 81.0 cm³/mol. The molecule has 0 radical (unpaired) electrons. The first-order valence-corrected chi connectivity index (χ1v) is 7.38. The van der Waals surface area contributed by atoms with E-state index >= 15 is 0 Å². The summed E-state index contributed by atoms with van der Waals surface area (Å²) in [6, 6.07) is 10.3. The molecule has 0 aliphatic carbocycles. The Hall–Kier alpha value is -1.49. The summed E-state index contributed by atoms with van der Waals surface area (Å²) < 4.78 is 17.1. The summed E-state index contributed by atoms with van der Waals surface area (Å²) in [5.74, 6) is 0. The van der Waals surface area contributed by atoms with Crippen LogP contribution in [0.1, 0.15) is 43.9 Å². The van der Waals surface area contributed by atoms with Gasteiger partial charge in [0.15, 0.2) is 6.29 Å². The van der Waals surface area contributed by atoms with Crippen molar-refractivity contribution in [1.82, 2.24) is 4.98 Å². The standard InChI is InChI=1S/C17H21NO3/c1-11(2)20-17-13-10-12-6-4-5-7-14(12)18-16(13)15(21-17)8-9-19-3/h4-7,10-11,15,17H,8-9H2,1-3H3/t15-,17-/m0/s1. The van der Waals surface area contributed by atoms with E-state index in [1.165, 1.54) is 0 Å². The van der Waals surface area contributed by atoms with Gasteiger partial charge in [-0.15, -0.1) is 0 Å². The number of fused-ring (bicyclic) bond motifs is 2. The van der Waals surface area contributed by atoms with E-state index in [0.717, 1.165) is 28.6 Å². The molecule has 0 amide bonds. The molecule has 0 unspecified atom stereocenters. The molecule has 0 spiro atoms. The molecule has 21 heavy (non-hydrogen) atoms. The molecule has 2 atom stereocenters. The second-order valence-corrected chi connectivity index (χ2v) is 5.58. The van der Waals surface area contributed by atoms with E-state index in [-0.39, 0.29) is 18.5 Å². The lowest BCUT2D eigenvalue weighted by atomic mass is 10.1. The van der Waals surface area contributed by atoms with Gasteiger partial charge in [0.05, 0.1) is 17.3 Å². The van der Waals surface area contributed by atoms with Gasteiger partial charge in [0, 0.05) is 31.1 Å². The minimum absolute atomic E-state index is 0.0618. The maximum Gasteiger partial charge on any atom is 0.186 e. The molecule has 2 aromatic rings. The van der Waals surface area contributed by atoms with Crippen molar-refractivity contribution in [2.24, 2.45) is 0 Å². The molecule has 4 heteroatoms. The lowest BCUT2D eigenvalue weighted by Crippen LogP contribution is -2.10. The van der Waals surface area contributed by atoms with Crippen LogP contribution in [0.3, 0.4) is 0 Å². The number of benzene rings is 1. The Bertz CT molecular complexity index is 626. The van der Waals surface area contributed by atoms with Crippen LogP contribution in [0.25, 0.3) is 10.9 Å². The average Bonchev–Trinajstić information content (AvgIpc) is 2.79. The molecule has 1 aromatic carbocycles. The van der Waals surface area contributed by atoms with Crippen LogP contribution in [0.2, 0.25) is 0 Å². The Balaban J connectivity index is 2.00. The number of pyridine rings is 1. The second kappa shape index (κ2) is 6.10. The molecule has 1 aromatic heterocycles. The van der Waals surface area contributed by atoms with E-state index in [4.69, 9.17) is 19.2 Å². The van der Waals surface area contributed by atoms with Gasteiger partial charge in [-0.2, -0.15) is 0 Å².